The molecule has 13 heteroatoms. The van der Waals surface area contributed by atoms with E-state index >= 15 is 0 Å². The van der Waals surface area contributed by atoms with Gasteiger partial charge in [-0.15, -0.1) is 0 Å². The molecule has 0 aromatic rings. The summed E-state index contributed by atoms with van der Waals surface area (Å²) in [6.07, 6.45) is 7.85. The molecule has 5 heterocycles. The third-order valence-electron chi connectivity index (χ3n) is 10.8. The van der Waals surface area contributed by atoms with Crippen LogP contribution in [-0.2, 0) is 33.3 Å². The van der Waals surface area contributed by atoms with E-state index in [0.29, 0.717) is 51.6 Å². The van der Waals surface area contributed by atoms with E-state index in [4.69, 9.17) is 38.7 Å². The summed E-state index contributed by atoms with van der Waals surface area (Å²) in [6.45, 7) is 13.9. The summed E-state index contributed by atoms with van der Waals surface area (Å²) in [7, 11) is 0. The van der Waals surface area contributed by atoms with Crippen molar-refractivity contribution >= 4 is 29.1 Å². The largest absolute Gasteiger partial charge is 0.511 e. The van der Waals surface area contributed by atoms with Crippen LogP contribution < -0.4 is 5.32 Å². The summed E-state index contributed by atoms with van der Waals surface area (Å²) in [4.78, 5) is 38.9. The monoisotopic (exact) mass is 756 g/mol. The second-order valence-electron chi connectivity index (χ2n) is 14.2. The van der Waals surface area contributed by atoms with Crippen molar-refractivity contribution in [1.82, 2.24) is 5.32 Å². The Balaban J connectivity index is 1.15. The summed E-state index contributed by atoms with van der Waals surface area (Å²) in [5.41, 5.74) is 12.9. The summed E-state index contributed by atoms with van der Waals surface area (Å²) >= 11 is 0. The molecule has 1 unspecified atom stereocenters. The number of esters is 2. The van der Waals surface area contributed by atoms with E-state index in [1.807, 2.05) is 32.1 Å². The molecule has 13 nitrogen and oxygen atoms in total. The number of carbonyl (C=O) groups excluding carboxylic acids is 2. The first-order valence-electron chi connectivity index (χ1n) is 19.1. The fourth-order valence-corrected chi connectivity index (χ4v) is 7.70. The maximum absolute atomic E-state index is 13.0. The smallest absolute Gasteiger partial charge is 0.305 e. The van der Waals surface area contributed by atoms with Gasteiger partial charge in [0.2, 0.25) is 0 Å². The number of hydrogen-bond acceptors (Lipinski definition) is 13. The van der Waals surface area contributed by atoms with Gasteiger partial charge in [-0.2, -0.15) is 0 Å². The molecule has 5 aliphatic heterocycles. The molecule has 1 fully saturated rings. The fraction of sp³-hybridized carbons (Fsp3) is 0.500. The van der Waals surface area contributed by atoms with Crippen molar-refractivity contribution in [3.63, 3.8) is 0 Å². The fourth-order valence-electron chi connectivity index (χ4n) is 7.70. The molecule has 2 atom stereocenters. The quantitative estimate of drug-likeness (QED) is 0.126. The second kappa shape index (κ2) is 17.8. The Hall–Kier alpha value is -4.69. The standard InChI is InChI=1S/C42H52N4O9/c1-7-28-23(2)33-20-37-31(22-47)25(4)32(44-37)19-34-24(3)29(8-9-39(50)55-17-15-53-13-11-51-10-12-52-14-16-54-27(6)48)41(45-34)30-18-38(49)40-26(5)35(46-42(30)40)21-36(28)43-33/h19-21,24,29,45,47,49H,7-18,22H2,1-6H3/t24-,29?/m0/s1. The number of nitrogens with zero attached hydrogens (tertiary/aromatic N) is 3. The van der Waals surface area contributed by atoms with Gasteiger partial charge in [0.1, 0.15) is 19.0 Å². The van der Waals surface area contributed by atoms with Crippen LogP contribution in [0.5, 0.6) is 0 Å². The van der Waals surface area contributed by atoms with Crippen LogP contribution in [0.1, 0.15) is 67.2 Å². The third kappa shape index (κ3) is 8.75. The maximum Gasteiger partial charge on any atom is 0.305 e. The number of nitrogens with one attached hydrogen (secondary N) is 1. The van der Waals surface area contributed by atoms with Gasteiger partial charge in [-0.3, -0.25) is 9.59 Å². The Labute approximate surface area is 322 Å². The molecule has 1 saturated heterocycles. The third-order valence-corrected chi connectivity index (χ3v) is 10.8. The lowest BCUT2D eigenvalue weighted by Gasteiger charge is -2.17. The number of carbonyl (C=O) groups is 2. The van der Waals surface area contributed by atoms with Crippen LogP contribution in [-0.4, -0.2) is 98.7 Å². The first kappa shape index (κ1) is 40.0. The van der Waals surface area contributed by atoms with Crippen LogP contribution in [0.25, 0.3) is 0 Å². The lowest BCUT2D eigenvalue weighted by Crippen LogP contribution is -2.17. The molecule has 0 aromatic carbocycles. The van der Waals surface area contributed by atoms with Crippen LogP contribution in [0.15, 0.2) is 106 Å². The van der Waals surface area contributed by atoms with E-state index in [-0.39, 0.29) is 62.4 Å². The van der Waals surface area contributed by atoms with Crippen molar-refractivity contribution in [3.8, 4) is 0 Å². The molecule has 294 valence electrons. The lowest BCUT2D eigenvalue weighted by molar-refractivity contribution is -0.145. The van der Waals surface area contributed by atoms with E-state index in [1.54, 1.807) is 0 Å². The minimum Gasteiger partial charge on any atom is -0.511 e. The molecule has 0 radical (unpaired) electrons. The predicted molar refractivity (Wildman–Crippen MR) is 208 cm³/mol. The molecule has 6 aliphatic rings. The molecular weight excluding hydrogens is 704 g/mol. The zero-order valence-corrected chi connectivity index (χ0v) is 32.7. The summed E-state index contributed by atoms with van der Waals surface area (Å²) in [5.74, 6) is -0.473. The number of aliphatic hydroxyl groups excluding tert-OH is 2. The number of ether oxygens (including phenoxy) is 5. The molecule has 0 aromatic heterocycles. The molecule has 3 N–H and O–H groups in total. The number of fused-ring (bicyclic) bond motifs is 5. The van der Waals surface area contributed by atoms with Gasteiger partial charge in [0.15, 0.2) is 0 Å². The van der Waals surface area contributed by atoms with Gasteiger partial charge >= 0.3 is 11.9 Å². The van der Waals surface area contributed by atoms with Crippen molar-refractivity contribution < 1.29 is 43.5 Å². The first-order valence-corrected chi connectivity index (χ1v) is 19.1. The predicted octanol–water partition coefficient (Wildman–Crippen LogP) is 5.59. The van der Waals surface area contributed by atoms with Crippen molar-refractivity contribution in [2.45, 2.75) is 67.2 Å². The molecule has 0 saturated carbocycles. The average molecular weight is 757 g/mol. The molecule has 1 aliphatic carbocycles. The number of allylic oxidation sites excluding steroid dienone is 11. The van der Waals surface area contributed by atoms with E-state index in [1.165, 1.54) is 6.92 Å². The van der Waals surface area contributed by atoms with E-state index < -0.39 is 0 Å². The van der Waals surface area contributed by atoms with Gasteiger partial charge in [-0.05, 0) is 74.1 Å². The van der Waals surface area contributed by atoms with Gasteiger partial charge in [0, 0.05) is 59.7 Å². The van der Waals surface area contributed by atoms with Crippen LogP contribution in [0.4, 0.5) is 0 Å². The van der Waals surface area contributed by atoms with Crippen LogP contribution in [0, 0.1) is 11.8 Å². The Morgan fingerprint density at radius 2 is 1.42 bits per heavy atom. The molecule has 55 heavy (non-hydrogen) atoms. The van der Waals surface area contributed by atoms with Crippen LogP contribution in [0.2, 0.25) is 0 Å². The highest BCUT2D eigenvalue weighted by Gasteiger charge is 2.41. The number of rotatable bonds is 17. The lowest BCUT2D eigenvalue weighted by atomic mass is 9.86. The van der Waals surface area contributed by atoms with E-state index in [9.17, 15) is 19.8 Å². The van der Waals surface area contributed by atoms with Crippen LogP contribution in [0.3, 0.4) is 0 Å². The van der Waals surface area contributed by atoms with Gasteiger partial charge in [-0.25, -0.2) is 15.0 Å². The van der Waals surface area contributed by atoms with Gasteiger partial charge < -0.3 is 39.2 Å². The summed E-state index contributed by atoms with van der Waals surface area (Å²) < 4.78 is 26.7. The van der Waals surface area contributed by atoms with Crippen molar-refractivity contribution in [3.05, 3.63) is 91.5 Å². The van der Waals surface area contributed by atoms with Gasteiger partial charge in [0.05, 0.1) is 80.5 Å². The summed E-state index contributed by atoms with van der Waals surface area (Å²) in [6, 6.07) is 0. The van der Waals surface area contributed by atoms with E-state index in [0.717, 1.165) is 85.4 Å². The highest BCUT2D eigenvalue weighted by atomic mass is 16.6. The maximum atomic E-state index is 13.0. The van der Waals surface area contributed by atoms with Gasteiger partial charge in [0.25, 0.3) is 0 Å². The molecular formula is C42H52N4O9. The van der Waals surface area contributed by atoms with Crippen molar-refractivity contribution in [2.75, 3.05) is 59.5 Å². The molecule has 0 spiro atoms. The van der Waals surface area contributed by atoms with Gasteiger partial charge in [-0.1, -0.05) is 13.8 Å². The minimum atomic E-state index is -0.337. The first-order chi connectivity index (χ1) is 26.5. The summed E-state index contributed by atoms with van der Waals surface area (Å²) in [5, 5.41) is 25.5. The SMILES string of the molecule is CCC1=C(C)C2=NC1=CC1=C(C)C3=C(O)CC(=C4NC(=CC5=NC(=C2)C(CO)=C5C)[C@@H](C)C4CCC(=O)OCCOCCOCCOCCOC(C)=O)C3=N1. The van der Waals surface area contributed by atoms with Crippen LogP contribution >= 0.6 is 0 Å². The highest BCUT2D eigenvalue weighted by molar-refractivity contribution is 6.21. The minimum absolute atomic E-state index is 0.0174. The number of hydrogen-bond donors (Lipinski definition) is 3. The molecule has 6 rings (SSSR count). The number of aliphatic hydroxyl groups is 2. The normalized spacial score (nSPS) is 21.6. The molecule has 0 amide bonds. The Bertz CT molecular complexity index is 1970. The zero-order valence-electron chi connectivity index (χ0n) is 32.7. The Morgan fingerprint density at radius 3 is 2.05 bits per heavy atom. The average Bonchev–Trinajstić information content (AvgIpc) is 3.91. The van der Waals surface area contributed by atoms with E-state index in [2.05, 4.69) is 26.1 Å². The Morgan fingerprint density at radius 1 is 0.818 bits per heavy atom. The topological polar surface area (TPSA) is 170 Å². The molecule has 8 bridgehead atoms. The Kier molecular flexibility index (Phi) is 13.0. The van der Waals surface area contributed by atoms with Crippen molar-refractivity contribution in [2.24, 2.45) is 26.8 Å². The van der Waals surface area contributed by atoms with Crippen molar-refractivity contribution in [1.29, 1.82) is 0 Å². The second-order valence-corrected chi connectivity index (χ2v) is 14.2. The zero-order chi connectivity index (χ0) is 39.2. The number of aliphatic imine (C=N–C) groups is 3. The highest BCUT2D eigenvalue weighted by Crippen LogP contribution is 2.46.